The topological polar surface area (TPSA) is 96.7 Å². The van der Waals surface area contributed by atoms with Gasteiger partial charge >= 0.3 is 6.18 Å². The molecule has 4 N–H and O–H groups in total. The predicted molar refractivity (Wildman–Crippen MR) is 81.9 cm³/mol. The highest BCUT2D eigenvalue weighted by Crippen LogP contribution is 2.32. The summed E-state index contributed by atoms with van der Waals surface area (Å²) in [6, 6.07) is 7.84. The summed E-state index contributed by atoms with van der Waals surface area (Å²) in [5.41, 5.74) is 6.37. The second-order valence-electron chi connectivity index (χ2n) is 5.14. The third-order valence-corrected chi connectivity index (χ3v) is 3.32. The van der Waals surface area contributed by atoms with Crippen LogP contribution in [-0.4, -0.2) is 20.9 Å². The Morgan fingerprint density at radius 1 is 1.25 bits per heavy atom. The number of nitrogens with one attached hydrogen (secondary N) is 2. The van der Waals surface area contributed by atoms with Crippen molar-refractivity contribution in [1.29, 1.82) is 0 Å². The van der Waals surface area contributed by atoms with Crippen molar-refractivity contribution >= 4 is 28.4 Å². The van der Waals surface area contributed by atoms with Crippen molar-refractivity contribution in [3.05, 3.63) is 47.4 Å². The average molecular weight is 335 g/mol. The minimum Gasteiger partial charge on any atom is -0.366 e. The molecular weight excluding hydrogens is 323 g/mol. The van der Waals surface area contributed by atoms with Crippen LogP contribution in [0.4, 0.5) is 24.7 Å². The smallest absolute Gasteiger partial charge is 0.366 e. The Hall–Kier alpha value is -3.10. The van der Waals surface area contributed by atoms with E-state index in [4.69, 9.17) is 5.73 Å². The Kier molecular flexibility index (Phi) is 3.63. The summed E-state index contributed by atoms with van der Waals surface area (Å²) in [7, 11) is 0. The summed E-state index contributed by atoms with van der Waals surface area (Å²) < 4.78 is 39.0. The van der Waals surface area contributed by atoms with Gasteiger partial charge in [-0.05, 0) is 25.1 Å². The Labute approximate surface area is 133 Å². The lowest BCUT2D eigenvalue weighted by Crippen LogP contribution is -2.15. The van der Waals surface area contributed by atoms with E-state index in [2.05, 4.69) is 20.3 Å². The number of rotatable bonds is 3. The van der Waals surface area contributed by atoms with Crippen LogP contribution in [0.2, 0.25) is 0 Å². The van der Waals surface area contributed by atoms with Crippen molar-refractivity contribution in [1.82, 2.24) is 15.0 Å². The molecule has 0 fully saturated rings. The first-order valence-electron chi connectivity index (χ1n) is 6.86. The molecule has 24 heavy (non-hydrogen) atoms. The molecule has 0 saturated heterocycles. The number of halogens is 3. The zero-order chi connectivity index (χ0) is 17.5. The first-order valence-corrected chi connectivity index (χ1v) is 6.86. The molecule has 0 radical (unpaired) electrons. The number of H-pyrrole nitrogens is 1. The van der Waals surface area contributed by atoms with Crippen LogP contribution in [0.3, 0.4) is 0 Å². The number of aromatic amines is 1. The van der Waals surface area contributed by atoms with E-state index in [1.54, 1.807) is 25.1 Å². The molecule has 3 aromatic rings. The minimum atomic E-state index is -4.70. The summed E-state index contributed by atoms with van der Waals surface area (Å²) in [4.78, 5) is 21.3. The van der Waals surface area contributed by atoms with Gasteiger partial charge in [0, 0.05) is 5.69 Å². The van der Waals surface area contributed by atoms with Gasteiger partial charge in [-0.25, -0.2) is 9.97 Å². The van der Waals surface area contributed by atoms with Gasteiger partial charge in [0.25, 0.3) is 5.91 Å². The van der Waals surface area contributed by atoms with Crippen molar-refractivity contribution in [3.8, 4) is 0 Å². The largest absolute Gasteiger partial charge is 0.451 e. The average Bonchev–Trinajstić information content (AvgIpc) is 2.87. The molecule has 2 aromatic heterocycles. The number of fused-ring (bicyclic) bond motifs is 1. The standard InChI is InChI=1S/C15H12F3N5O/c1-7-6-9-12(20-7)22-14(15(16,17)18)23-13(9)21-10-5-3-2-4-8(10)11(19)24/h2-6H,1H3,(H2,19,24)(H2,20,21,22,23). The van der Waals surface area contributed by atoms with E-state index < -0.39 is 17.9 Å². The van der Waals surface area contributed by atoms with Gasteiger partial charge in [0.15, 0.2) is 0 Å². The molecule has 1 aromatic carbocycles. The van der Waals surface area contributed by atoms with Gasteiger partial charge in [-0.15, -0.1) is 0 Å². The zero-order valence-electron chi connectivity index (χ0n) is 12.4. The molecule has 0 saturated carbocycles. The Bertz CT molecular complexity index is 932. The van der Waals surface area contributed by atoms with Gasteiger partial charge in [0.05, 0.1) is 16.6 Å². The number of benzene rings is 1. The molecule has 9 heteroatoms. The van der Waals surface area contributed by atoms with E-state index in [-0.39, 0.29) is 22.7 Å². The molecule has 0 aliphatic heterocycles. The van der Waals surface area contributed by atoms with Gasteiger partial charge in [0.1, 0.15) is 11.5 Å². The fraction of sp³-hybridized carbons (Fsp3) is 0.133. The fourth-order valence-electron chi connectivity index (χ4n) is 2.30. The van der Waals surface area contributed by atoms with Crippen molar-refractivity contribution in [3.63, 3.8) is 0 Å². The van der Waals surface area contributed by atoms with Crippen LogP contribution in [0.25, 0.3) is 11.0 Å². The van der Waals surface area contributed by atoms with Crippen LogP contribution in [0.15, 0.2) is 30.3 Å². The van der Waals surface area contributed by atoms with Crippen LogP contribution in [0, 0.1) is 6.92 Å². The van der Waals surface area contributed by atoms with Crippen LogP contribution >= 0.6 is 0 Å². The molecule has 0 spiro atoms. The fourth-order valence-corrected chi connectivity index (χ4v) is 2.30. The number of amides is 1. The number of carbonyl (C=O) groups is 1. The lowest BCUT2D eigenvalue weighted by Gasteiger charge is -2.12. The summed E-state index contributed by atoms with van der Waals surface area (Å²) in [5.74, 6) is -2.05. The van der Waals surface area contributed by atoms with Gasteiger partial charge in [-0.1, -0.05) is 12.1 Å². The molecule has 0 unspecified atom stereocenters. The second kappa shape index (κ2) is 5.52. The molecular formula is C15H12F3N5O. The SMILES string of the molecule is Cc1cc2c(Nc3ccccc3C(N)=O)nc(C(F)(F)F)nc2[nH]1. The highest BCUT2D eigenvalue weighted by atomic mass is 19.4. The number of nitrogens with zero attached hydrogens (tertiary/aromatic N) is 2. The monoisotopic (exact) mass is 335 g/mol. The van der Waals surface area contributed by atoms with E-state index in [9.17, 15) is 18.0 Å². The number of aromatic nitrogens is 3. The van der Waals surface area contributed by atoms with Gasteiger partial charge in [0.2, 0.25) is 5.82 Å². The highest BCUT2D eigenvalue weighted by Gasteiger charge is 2.36. The molecule has 0 aliphatic carbocycles. The number of para-hydroxylation sites is 1. The highest BCUT2D eigenvalue weighted by molar-refractivity contribution is 6.00. The zero-order valence-corrected chi connectivity index (χ0v) is 12.4. The predicted octanol–water partition coefficient (Wildman–Crippen LogP) is 3.13. The lowest BCUT2D eigenvalue weighted by molar-refractivity contribution is -0.144. The van der Waals surface area contributed by atoms with E-state index in [0.29, 0.717) is 11.1 Å². The third kappa shape index (κ3) is 2.87. The van der Waals surface area contributed by atoms with Gasteiger partial charge in [-0.3, -0.25) is 4.79 Å². The quantitative estimate of drug-likeness (QED) is 0.685. The Balaban J connectivity index is 2.17. The third-order valence-electron chi connectivity index (χ3n) is 3.32. The number of nitrogens with two attached hydrogens (primary N) is 1. The minimum absolute atomic E-state index is 0.0499. The maximum atomic E-state index is 13.0. The van der Waals surface area contributed by atoms with E-state index in [1.165, 1.54) is 12.1 Å². The number of primary amides is 1. The van der Waals surface area contributed by atoms with E-state index >= 15 is 0 Å². The molecule has 0 aliphatic rings. The molecule has 2 heterocycles. The molecule has 124 valence electrons. The van der Waals surface area contributed by atoms with Crippen molar-refractivity contribution in [2.75, 3.05) is 5.32 Å². The van der Waals surface area contributed by atoms with Crippen molar-refractivity contribution < 1.29 is 18.0 Å². The molecule has 3 rings (SSSR count). The molecule has 1 amide bonds. The number of anilines is 2. The summed E-state index contributed by atoms with van der Waals surface area (Å²) in [5, 5.41) is 3.13. The maximum Gasteiger partial charge on any atom is 0.451 e. The molecule has 6 nitrogen and oxygen atoms in total. The van der Waals surface area contributed by atoms with Crippen molar-refractivity contribution in [2.24, 2.45) is 5.73 Å². The normalized spacial score (nSPS) is 11.7. The van der Waals surface area contributed by atoms with Crippen LogP contribution in [-0.2, 0) is 6.18 Å². The maximum absolute atomic E-state index is 13.0. The van der Waals surface area contributed by atoms with Crippen LogP contribution in [0.5, 0.6) is 0 Å². The number of aryl methyl sites for hydroxylation is 1. The number of hydrogen-bond acceptors (Lipinski definition) is 4. The summed E-state index contributed by atoms with van der Waals surface area (Å²) >= 11 is 0. The number of alkyl halides is 3. The first kappa shape index (κ1) is 15.8. The van der Waals surface area contributed by atoms with E-state index in [0.717, 1.165) is 0 Å². The number of carbonyl (C=O) groups excluding carboxylic acids is 1. The van der Waals surface area contributed by atoms with Gasteiger partial charge in [-0.2, -0.15) is 13.2 Å². The molecule has 0 bridgehead atoms. The van der Waals surface area contributed by atoms with E-state index in [1.807, 2.05) is 0 Å². The Morgan fingerprint density at radius 3 is 2.62 bits per heavy atom. The summed E-state index contributed by atoms with van der Waals surface area (Å²) in [6.45, 7) is 1.69. The Morgan fingerprint density at radius 2 is 1.96 bits per heavy atom. The van der Waals surface area contributed by atoms with Gasteiger partial charge < -0.3 is 16.0 Å². The first-order chi connectivity index (χ1) is 11.3. The van der Waals surface area contributed by atoms with Crippen LogP contribution < -0.4 is 11.1 Å². The second-order valence-corrected chi connectivity index (χ2v) is 5.14. The summed E-state index contributed by atoms with van der Waals surface area (Å²) in [6.07, 6.45) is -4.70. The van der Waals surface area contributed by atoms with Crippen LogP contribution in [0.1, 0.15) is 21.9 Å². The van der Waals surface area contributed by atoms with Crippen molar-refractivity contribution in [2.45, 2.75) is 13.1 Å². The lowest BCUT2D eigenvalue weighted by atomic mass is 10.1. The number of hydrogen-bond donors (Lipinski definition) is 3. The molecule has 0 atom stereocenters.